The Bertz CT molecular complexity index is 524. The van der Waals surface area contributed by atoms with Gasteiger partial charge in [0, 0.05) is 17.2 Å². The molecule has 0 amide bonds. The summed E-state index contributed by atoms with van der Waals surface area (Å²) in [5.41, 5.74) is 5.33. The quantitative estimate of drug-likeness (QED) is 0.868. The fraction of sp³-hybridized carbons (Fsp3) is 0.455. The van der Waals surface area contributed by atoms with Gasteiger partial charge in [-0.15, -0.1) is 11.8 Å². The first-order valence-corrected chi connectivity index (χ1v) is 8.08. The van der Waals surface area contributed by atoms with Gasteiger partial charge >= 0.3 is 6.18 Å². The first-order valence-electron chi connectivity index (χ1n) is 5.31. The number of nitrogens with two attached hydrogens (primary N) is 1. The maximum Gasteiger partial charge on any atom is 0.402 e. The van der Waals surface area contributed by atoms with Crippen molar-refractivity contribution in [2.75, 3.05) is 6.26 Å². The van der Waals surface area contributed by atoms with Crippen LogP contribution in [0.2, 0.25) is 0 Å². The molecule has 0 saturated heterocycles. The minimum Gasteiger partial charge on any atom is -0.327 e. The Kier molecular flexibility index (Phi) is 4.91. The van der Waals surface area contributed by atoms with Crippen LogP contribution in [0.5, 0.6) is 0 Å². The second-order valence-electron chi connectivity index (χ2n) is 4.18. The van der Waals surface area contributed by atoms with Crippen molar-refractivity contribution in [3.8, 4) is 0 Å². The fourth-order valence-electron chi connectivity index (χ4n) is 1.38. The average molecular weight is 313 g/mol. The number of sulfone groups is 1. The molecule has 1 aromatic carbocycles. The number of benzene rings is 1. The summed E-state index contributed by atoms with van der Waals surface area (Å²) in [6.07, 6.45) is -3.37. The second kappa shape index (κ2) is 5.72. The van der Waals surface area contributed by atoms with E-state index in [0.717, 1.165) is 6.26 Å². The molecule has 0 heterocycles. The summed E-state index contributed by atoms with van der Waals surface area (Å²) in [6, 6.07) is 4.21. The highest BCUT2D eigenvalue weighted by molar-refractivity contribution is 8.00. The molecule has 1 rings (SSSR count). The van der Waals surface area contributed by atoms with Gasteiger partial charge in [0.2, 0.25) is 0 Å². The van der Waals surface area contributed by atoms with Crippen LogP contribution in [0.3, 0.4) is 0 Å². The number of thioether (sulfide) groups is 1. The van der Waals surface area contributed by atoms with E-state index in [4.69, 9.17) is 5.73 Å². The Balaban J connectivity index is 2.94. The molecule has 108 valence electrons. The predicted octanol–water partition coefficient (Wildman–Crippen LogP) is 2.46. The fourth-order valence-corrected chi connectivity index (χ4v) is 2.95. The normalized spacial score (nSPS) is 16.1. The Hall–Kier alpha value is -0.730. The van der Waals surface area contributed by atoms with Crippen LogP contribution >= 0.6 is 11.8 Å². The van der Waals surface area contributed by atoms with Gasteiger partial charge in [-0.3, -0.25) is 0 Å². The highest BCUT2D eigenvalue weighted by Gasteiger charge is 2.42. The highest BCUT2D eigenvalue weighted by Crippen LogP contribution is 2.36. The largest absolute Gasteiger partial charge is 0.402 e. The number of halogens is 3. The van der Waals surface area contributed by atoms with Crippen molar-refractivity contribution in [3.63, 3.8) is 0 Å². The molecule has 0 aromatic heterocycles. The minimum absolute atomic E-state index is 0.0706. The first kappa shape index (κ1) is 16.3. The van der Waals surface area contributed by atoms with Crippen LogP contribution in [-0.2, 0) is 9.84 Å². The van der Waals surface area contributed by atoms with E-state index in [1.165, 1.54) is 31.2 Å². The zero-order valence-corrected chi connectivity index (χ0v) is 11.9. The predicted molar refractivity (Wildman–Crippen MR) is 68.9 cm³/mol. The monoisotopic (exact) mass is 313 g/mol. The van der Waals surface area contributed by atoms with Crippen molar-refractivity contribution in [3.05, 3.63) is 24.3 Å². The Labute approximate surface area is 114 Å². The summed E-state index contributed by atoms with van der Waals surface area (Å²) in [4.78, 5) is 0.397. The molecule has 0 aliphatic carbocycles. The molecule has 2 atom stereocenters. The maximum atomic E-state index is 12.7. The van der Waals surface area contributed by atoms with Gasteiger partial charge in [-0.2, -0.15) is 13.2 Å². The van der Waals surface area contributed by atoms with E-state index in [0.29, 0.717) is 16.7 Å². The van der Waals surface area contributed by atoms with Gasteiger partial charge < -0.3 is 5.73 Å². The maximum absolute atomic E-state index is 12.7. The van der Waals surface area contributed by atoms with E-state index in [1.54, 1.807) is 0 Å². The lowest BCUT2D eigenvalue weighted by atomic mass is 10.2. The molecule has 3 nitrogen and oxygen atoms in total. The van der Waals surface area contributed by atoms with Gasteiger partial charge in [-0.1, -0.05) is 0 Å². The van der Waals surface area contributed by atoms with E-state index in [-0.39, 0.29) is 4.90 Å². The molecular weight excluding hydrogens is 299 g/mol. The van der Waals surface area contributed by atoms with Gasteiger partial charge in [0.05, 0.1) is 4.90 Å². The van der Waals surface area contributed by atoms with Crippen LogP contribution in [0, 0.1) is 0 Å². The van der Waals surface area contributed by atoms with E-state index in [1.807, 2.05) is 0 Å². The van der Waals surface area contributed by atoms with Crippen molar-refractivity contribution in [1.82, 2.24) is 0 Å². The van der Waals surface area contributed by atoms with Gasteiger partial charge in [-0.05, 0) is 31.2 Å². The van der Waals surface area contributed by atoms with E-state index >= 15 is 0 Å². The molecule has 19 heavy (non-hydrogen) atoms. The van der Waals surface area contributed by atoms with Crippen molar-refractivity contribution in [2.24, 2.45) is 5.73 Å². The average Bonchev–Trinajstić information content (AvgIpc) is 2.23. The van der Waals surface area contributed by atoms with Crippen molar-refractivity contribution in [2.45, 2.75) is 34.2 Å². The third kappa shape index (κ3) is 4.70. The SMILES string of the molecule is CC(N)C(Sc1ccc(S(C)(=O)=O)cc1)C(F)(F)F. The molecule has 1 aromatic rings. The lowest BCUT2D eigenvalue weighted by Crippen LogP contribution is -2.40. The van der Waals surface area contributed by atoms with Crippen molar-refractivity contribution >= 4 is 21.6 Å². The molecule has 8 heteroatoms. The minimum atomic E-state index is -4.41. The molecular formula is C11H14F3NO2S2. The Morgan fingerprint density at radius 3 is 2.00 bits per heavy atom. The summed E-state index contributed by atoms with van der Waals surface area (Å²) >= 11 is 0.578. The summed E-state index contributed by atoms with van der Waals surface area (Å²) in [7, 11) is -3.35. The third-order valence-electron chi connectivity index (χ3n) is 2.32. The third-order valence-corrected chi connectivity index (χ3v) is 4.94. The number of rotatable bonds is 4. The molecule has 0 aliphatic heterocycles. The first-order chi connectivity index (χ1) is 8.51. The number of alkyl halides is 3. The standard InChI is InChI=1S/C11H14F3NO2S2/c1-7(15)10(11(12,13)14)18-8-3-5-9(6-4-8)19(2,16)17/h3-7,10H,15H2,1-2H3. The summed E-state index contributed by atoms with van der Waals surface area (Å²) in [6.45, 7) is 1.29. The zero-order chi connectivity index (χ0) is 14.8. The molecule has 2 N–H and O–H groups in total. The van der Waals surface area contributed by atoms with Crippen LogP contribution in [0.25, 0.3) is 0 Å². The number of hydrogen-bond acceptors (Lipinski definition) is 4. The molecule has 0 spiro atoms. The second-order valence-corrected chi connectivity index (χ2v) is 7.41. The van der Waals surface area contributed by atoms with Crippen molar-refractivity contribution in [1.29, 1.82) is 0 Å². The summed E-state index contributed by atoms with van der Waals surface area (Å²) < 4.78 is 60.6. The zero-order valence-electron chi connectivity index (χ0n) is 10.3. The van der Waals surface area contributed by atoms with Crippen LogP contribution in [0.1, 0.15) is 6.92 Å². The van der Waals surface area contributed by atoms with Crippen LogP contribution < -0.4 is 5.73 Å². The molecule has 0 bridgehead atoms. The van der Waals surface area contributed by atoms with Gasteiger partial charge in [0.15, 0.2) is 9.84 Å². The van der Waals surface area contributed by atoms with Gasteiger partial charge in [-0.25, -0.2) is 8.42 Å². The van der Waals surface area contributed by atoms with Gasteiger partial charge in [0.1, 0.15) is 5.25 Å². The van der Waals surface area contributed by atoms with Gasteiger partial charge in [0.25, 0.3) is 0 Å². The van der Waals surface area contributed by atoms with Crippen LogP contribution in [0.15, 0.2) is 34.1 Å². The Morgan fingerprint density at radius 1 is 1.21 bits per heavy atom. The number of hydrogen-bond donors (Lipinski definition) is 1. The molecule has 0 aliphatic rings. The summed E-state index contributed by atoms with van der Waals surface area (Å²) in [5, 5.41) is -1.73. The van der Waals surface area contributed by atoms with E-state index < -0.39 is 27.3 Å². The van der Waals surface area contributed by atoms with Crippen molar-refractivity contribution < 1.29 is 21.6 Å². The summed E-state index contributed by atoms with van der Waals surface area (Å²) in [5.74, 6) is 0. The van der Waals surface area contributed by atoms with E-state index in [2.05, 4.69) is 0 Å². The lowest BCUT2D eigenvalue weighted by Gasteiger charge is -2.23. The van der Waals surface area contributed by atoms with Crippen LogP contribution in [-0.4, -0.2) is 32.1 Å². The lowest BCUT2D eigenvalue weighted by molar-refractivity contribution is -0.131. The Morgan fingerprint density at radius 2 is 1.68 bits per heavy atom. The topological polar surface area (TPSA) is 60.2 Å². The molecule has 0 radical (unpaired) electrons. The molecule has 0 fully saturated rings. The van der Waals surface area contributed by atoms with E-state index in [9.17, 15) is 21.6 Å². The van der Waals surface area contributed by atoms with Crippen LogP contribution in [0.4, 0.5) is 13.2 Å². The molecule has 2 unspecified atom stereocenters. The highest BCUT2D eigenvalue weighted by atomic mass is 32.2. The molecule has 0 saturated carbocycles. The smallest absolute Gasteiger partial charge is 0.327 e.